The number of pyridine rings is 1. The molecular formula is C19H21ClN5+. The molecule has 0 bridgehead atoms. The summed E-state index contributed by atoms with van der Waals surface area (Å²) in [6, 6.07) is 13.9. The van der Waals surface area contributed by atoms with Crippen LogP contribution >= 0.6 is 11.6 Å². The van der Waals surface area contributed by atoms with Crippen molar-refractivity contribution in [3.05, 3.63) is 59.4 Å². The van der Waals surface area contributed by atoms with Crippen LogP contribution < -0.4 is 4.90 Å². The van der Waals surface area contributed by atoms with Gasteiger partial charge in [0.2, 0.25) is 0 Å². The van der Waals surface area contributed by atoms with E-state index in [1.54, 1.807) is 4.90 Å². The maximum absolute atomic E-state index is 6.38. The highest BCUT2D eigenvalue weighted by Crippen LogP contribution is 2.28. The van der Waals surface area contributed by atoms with Crippen LogP contribution in [0.4, 0.5) is 0 Å². The second-order valence-corrected chi connectivity index (χ2v) is 6.82. The van der Waals surface area contributed by atoms with E-state index in [2.05, 4.69) is 27.6 Å². The molecule has 1 aliphatic rings. The Morgan fingerprint density at radius 1 is 1.12 bits per heavy atom. The molecule has 128 valence electrons. The minimum absolute atomic E-state index is 0.698. The highest BCUT2D eigenvalue weighted by atomic mass is 35.5. The number of hydrazone groups is 1. The molecule has 25 heavy (non-hydrogen) atoms. The lowest BCUT2D eigenvalue weighted by Crippen LogP contribution is -3.11. The van der Waals surface area contributed by atoms with Crippen molar-refractivity contribution in [3.63, 3.8) is 0 Å². The molecule has 1 N–H and O–H groups in total. The molecule has 1 saturated heterocycles. The Morgan fingerprint density at radius 3 is 2.68 bits per heavy atom. The lowest BCUT2D eigenvalue weighted by atomic mass is 10.2. The summed E-state index contributed by atoms with van der Waals surface area (Å²) in [4.78, 5) is 6.37. The summed E-state index contributed by atoms with van der Waals surface area (Å²) in [5, 5.41) is 7.47. The number of quaternary nitrogens is 1. The van der Waals surface area contributed by atoms with Crippen molar-refractivity contribution in [3.8, 4) is 11.4 Å². The van der Waals surface area contributed by atoms with Crippen LogP contribution in [0.1, 0.15) is 5.69 Å². The number of fused-ring (bicyclic) bond motifs is 1. The van der Waals surface area contributed by atoms with Crippen molar-refractivity contribution < 1.29 is 4.90 Å². The summed E-state index contributed by atoms with van der Waals surface area (Å²) in [6.07, 6.45) is 3.88. The number of halogens is 1. The largest absolute Gasteiger partial charge is 0.334 e. The second-order valence-electron chi connectivity index (χ2n) is 6.41. The number of aromatic nitrogens is 2. The number of hydrogen-bond acceptors (Lipinski definition) is 3. The third kappa shape index (κ3) is 3.25. The first-order valence-electron chi connectivity index (χ1n) is 8.54. The van der Waals surface area contributed by atoms with E-state index in [-0.39, 0.29) is 0 Å². The summed E-state index contributed by atoms with van der Waals surface area (Å²) in [6.45, 7) is 4.19. The molecule has 1 fully saturated rings. The maximum Gasteiger partial charge on any atom is 0.146 e. The number of nitrogens with zero attached hydrogens (tertiary/aromatic N) is 4. The van der Waals surface area contributed by atoms with Crippen molar-refractivity contribution >= 4 is 23.3 Å². The summed E-state index contributed by atoms with van der Waals surface area (Å²) < 4.78 is 2.07. The van der Waals surface area contributed by atoms with Crippen LogP contribution in [0.25, 0.3) is 16.9 Å². The molecular weight excluding hydrogens is 334 g/mol. The number of imidazole rings is 1. The van der Waals surface area contributed by atoms with Crippen LogP contribution in [0.5, 0.6) is 0 Å². The van der Waals surface area contributed by atoms with E-state index in [1.165, 1.54) is 0 Å². The molecule has 3 aromatic rings. The van der Waals surface area contributed by atoms with Gasteiger partial charge in [-0.1, -0.05) is 29.8 Å². The smallest absolute Gasteiger partial charge is 0.146 e. The van der Waals surface area contributed by atoms with Crippen LogP contribution in [0.15, 0.2) is 53.8 Å². The van der Waals surface area contributed by atoms with Crippen LogP contribution in [-0.2, 0) is 0 Å². The zero-order valence-electron chi connectivity index (χ0n) is 14.2. The first kappa shape index (κ1) is 16.1. The van der Waals surface area contributed by atoms with E-state index in [1.807, 2.05) is 48.8 Å². The van der Waals surface area contributed by atoms with Gasteiger partial charge in [0.25, 0.3) is 0 Å². The highest BCUT2D eigenvalue weighted by Gasteiger charge is 2.16. The summed E-state index contributed by atoms with van der Waals surface area (Å²) in [7, 11) is 2.22. The summed E-state index contributed by atoms with van der Waals surface area (Å²) in [5.41, 5.74) is 2.82. The molecule has 3 heterocycles. The molecule has 5 nitrogen and oxygen atoms in total. The third-order valence-electron chi connectivity index (χ3n) is 4.63. The first-order chi connectivity index (χ1) is 12.2. The number of nitrogens with one attached hydrogen (secondary N) is 1. The number of likely N-dealkylation sites (N-methyl/N-ethyl adjacent to an activating group) is 1. The molecule has 6 heteroatoms. The average Bonchev–Trinajstić information content (AvgIpc) is 3.00. The van der Waals surface area contributed by atoms with Gasteiger partial charge in [-0.05, 0) is 24.3 Å². The lowest BCUT2D eigenvalue weighted by molar-refractivity contribution is -0.884. The molecule has 0 unspecified atom stereocenters. The SMILES string of the molecule is C[NH+]1CCN(/N=C\c2nc(-c3ccccc3Cl)n3ccccc23)CC1. The van der Waals surface area contributed by atoms with Crippen LogP contribution in [0, 0.1) is 0 Å². The average molecular weight is 355 g/mol. The van der Waals surface area contributed by atoms with Gasteiger partial charge >= 0.3 is 0 Å². The predicted octanol–water partition coefficient (Wildman–Crippen LogP) is 1.82. The lowest BCUT2D eigenvalue weighted by Gasteiger charge is -2.27. The Labute approximate surface area is 152 Å². The third-order valence-corrected chi connectivity index (χ3v) is 4.96. The van der Waals surface area contributed by atoms with Gasteiger partial charge in [0.1, 0.15) is 11.5 Å². The molecule has 0 saturated carbocycles. The standard InChI is InChI=1S/C19H20ClN5/c1-23-10-12-24(13-11-23)21-14-17-18-8-4-5-9-25(18)19(22-17)15-6-2-3-7-16(15)20/h2-9,14H,10-13H2,1H3/p+1/b21-14-. The van der Waals surface area contributed by atoms with Gasteiger partial charge < -0.3 is 4.90 Å². The van der Waals surface area contributed by atoms with E-state index < -0.39 is 0 Å². The molecule has 4 rings (SSSR count). The van der Waals surface area contributed by atoms with Crippen molar-refractivity contribution in [1.29, 1.82) is 0 Å². The highest BCUT2D eigenvalue weighted by molar-refractivity contribution is 6.33. The Kier molecular flexibility index (Phi) is 4.42. The van der Waals surface area contributed by atoms with Gasteiger partial charge in [-0.3, -0.25) is 9.41 Å². The predicted molar refractivity (Wildman–Crippen MR) is 101 cm³/mol. The fraction of sp³-hybridized carbons (Fsp3) is 0.263. The Bertz CT molecular complexity index is 909. The van der Waals surface area contributed by atoms with Gasteiger partial charge in [0.15, 0.2) is 0 Å². The molecule has 0 radical (unpaired) electrons. The van der Waals surface area contributed by atoms with E-state index in [9.17, 15) is 0 Å². The van der Waals surface area contributed by atoms with Crippen LogP contribution in [0.2, 0.25) is 5.02 Å². The Morgan fingerprint density at radius 2 is 1.88 bits per heavy atom. The van der Waals surface area contributed by atoms with Crippen molar-refractivity contribution in [2.24, 2.45) is 5.10 Å². The van der Waals surface area contributed by atoms with E-state index in [0.717, 1.165) is 48.8 Å². The molecule has 0 atom stereocenters. The van der Waals surface area contributed by atoms with Gasteiger partial charge in [-0.25, -0.2) is 4.98 Å². The Hall–Kier alpha value is -2.37. The van der Waals surface area contributed by atoms with Crippen LogP contribution in [0.3, 0.4) is 0 Å². The minimum atomic E-state index is 0.698. The fourth-order valence-electron chi connectivity index (χ4n) is 3.12. The summed E-state index contributed by atoms with van der Waals surface area (Å²) >= 11 is 6.38. The van der Waals surface area contributed by atoms with Gasteiger partial charge in [-0.15, -0.1) is 0 Å². The first-order valence-corrected chi connectivity index (χ1v) is 8.92. The maximum atomic E-state index is 6.38. The minimum Gasteiger partial charge on any atom is -0.334 e. The van der Waals surface area contributed by atoms with E-state index in [0.29, 0.717) is 5.02 Å². The van der Waals surface area contributed by atoms with E-state index >= 15 is 0 Å². The topological polar surface area (TPSA) is 37.3 Å². The van der Waals surface area contributed by atoms with Crippen molar-refractivity contribution in [2.45, 2.75) is 0 Å². The molecule has 0 spiro atoms. The normalized spacial score (nSPS) is 16.2. The summed E-state index contributed by atoms with van der Waals surface area (Å²) in [5.74, 6) is 0.838. The number of rotatable bonds is 3. The monoisotopic (exact) mass is 354 g/mol. The van der Waals surface area contributed by atoms with Crippen molar-refractivity contribution in [2.75, 3.05) is 33.2 Å². The molecule has 0 amide bonds. The quantitative estimate of drug-likeness (QED) is 0.728. The van der Waals surface area contributed by atoms with Crippen LogP contribution in [-0.4, -0.2) is 53.8 Å². The molecule has 1 aromatic carbocycles. The molecule has 1 aliphatic heterocycles. The zero-order valence-corrected chi connectivity index (χ0v) is 14.9. The number of hydrogen-bond donors (Lipinski definition) is 1. The van der Waals surface area contributed by atoms with Crippen molar-refractivity contribution in [1.82, 2.24) is 14.4 Å². The molecule has 2 aromatic heterocycles. The Balaban J connectivity index is 1.72. The molecule has 0 aliphatic carbocycles. The second kappa shape index (κ2) is 6.86. The van der Waals surface area contributed by atoms with Gasteiger partial charge in [0.05, 0.1) is 50.0 Å². The van der Waals surface area contributed by atoms with E-state index in [4.69, 9.17) is 16.6 Å². The zero-order chi connectivity index (χ0) is 17.2. The number of piperazine rings is 1. The fourth-order valence-corrected chi connectivity index (χ4v) is 3.34. The van der Waals surface area contributed by atoms with Gasteiger partial charge in [0, 0.05) is 11.8 Å². The van der Waals surface area contributed by atoms with Gasteiger partial charge in [-0.2, -0.15) is 5.10 Å². The number of benzene rings is 1.